The number of nitrogens with one attached hydrogen (secondary N) is 1. The van der Waals surface area contributed by atoms with E-state index in [2.05, 4.69) is 29.1 Å². The van der Waals surface area contributed by atoms with Gasteiger partial charge in [-0.05, 0) is 19.3 Å². The lowest BCUT2D eigenvalue weighted by Crippen LogP contribution is -2.15. The summed E-state index contributed by atoms with van der Waals surface area (Å²) in [6, 6.07) is 1.78. The van der Waals surface area contributed by atoms with Crippen LogP contribution in [0.25, 0.3) is 0 Å². The highest BCUT2D eigenvalue weighted by Gasteiger charge is 2.06. The number of ether oxygens (including phenoxy) is 1. The number of unbranched alkanes of at least 4 members (excludes halogenated alkanes) is 1. The molecule has 1 rings (SSSR count). The topological polar surface area (TPSA) is 47.0 Å². The Labute approximate surface area is 110 Å². The fourth-order valence-corrected chi connectivity index (χ4v) is 1.83. The second-order valence-electron chi connectivity index (χ2n) is 4.45. The normalized spacial score (nSPS) is 12.2. The average Bonchev–Trinajstić information content (AvgIpc) is 2.40. The van der Waals surface area contributed by atoms with Gasteiger partial charge in [0.25, 0.3) is 0 Å². The SMILES string of the molecule is CCCCC(CC)CNc1nccc(OCC)n1. The number of hydrogen-bond donors (Lipinski definition) is 1. The molecule has 0 bridgehead atoms. The highest BCUT2D eigenvalue weighted by atomic mass is 16.5. The third-order valence-electron chi connectivity index (χ3n) is 3.01. The summed E-state index contributed by atoms with van der Waals surface area (Å²) in [5.74, 6) is 2.00. The molecule has 0 aliphatic carbocycles. The molecule has 0 spiro atoms. The molecule has 1 aromatic rings. The van der Waals surface area contributed by atoms with Gasteiger partial charge in [-0.25, -0.2) is 4.98 Å². The van der Waals surface area contributed by atoms with Crippen LogP contribution in [0.15, 0.2) is 12.3 Å². The van der Waals surface area contributed by atoms with Crippen molar-refractivity contribution in [2.24, 2.45) is 5.92 Å². The molecule has 1 aromatic heterocycles. The lowest BCUT2D eigenvalue weighted by atomic mass is 9.99. The zero-order valence-electron chi connectivity index (χ0n) is 11.8. The Hall–Kier alpha value is -1.32. The van der Waals surface area contributed by atoms with E-state index in [1.165, 1.54) is 25.7 Å². The first kappa shape index (κ1) is 14.7. The fraction of sp³-hybridized carbons (Fsp3) is 0.714. The van der Waals surface area contributed by atoms with Crippen molar-refractivity contribution in [3.63, 3.8) is 0 Å². The Bertz CT molecular complexity index is 331. The van der Waals surface area contributed by atoms with Crippen molar-refractivity contribution < 1.29 is 4.74 Å². The molecule has 18 heavy (non-hydrogen) atoms. The Kier molecular flexibility index (Phi) is 7.14. The summed E-state index contributed by atoms with van der Waals surface area (Å²) in [6.07, 6.45) is 6.74. The van der Waals surface area contributed by atoms with Gasteiger partial charge in [-0.1, -0.05) is 33.1 Å². The van der Waals surface area contributed by atoms with Crippen LogP contribution in [-0.2, 0) is 0 Å². The zero-order chi connectivity index (χ0) is 13.2. The molecule has 0 aliphatic rings. The molecule has 0 amide bonds. The van der Waals surface area contributed by atoms with Crippen molar-refractivity contribution >= 4 is 5.95 Å². The summed E-state index contributed by atoms with van der Waals surface area (Å²) in [4.78, 5) is 8.51. The molecule has 0 saturated heterocycles. The molecule has 4 heteroatoms. The first-order valence-electron chi connectivity index (χ1n) is 6.99. The molecule has 1 unspecified atom stereocenters. The summed E-state index contributed by atoms with van der Waals surface area (Å²) < 4.78 is 5.35. The number of nitrogens with zero attached hydrogens (tertiary/aromatic N) is 2. The molecule has 102 valence electrons. The fourth-order valence-electron chi connectivity index (χ4n) is 1.83. The second-order valence-corrected chi connectivity index (χ2v) is 4.45. The molecular weight excluding hydrogens is 226 g/mol. The van der Waals surface area contributed by atoms with E-state index < -0.39 is 0 Å². The number of rotatable bonds is 9. The molecule has 0 aromatic carbocycles. The van der Waals surface area contributed by atoms with Crippen molar-refractivity contribution in [1.29, 1.82) is 0 Å². The van der Waals surface area contributed by atoms with E-state index in [1.807, 2.05) is 6.92 Å². The van der Waals surface area contributed by atoms with Crippen molar-refractivity contribution in [3.8, 4) is 5.88 Å². The summed E-state index contributed by atoms with van der Waals surface area (Å²) in [7, 11) is 0. The van der Waals surface area contributed by atoms with Gasteiger partial charge in [-0.2, -0.15) is 4.98 Å². The van der Waals surface area contributed by atoms with Crippen LogP contribution in [0, 0.1) is 5.92 Å². The van der Waals surface area contributed by atoms with Crippen molar-refractivity contribution in [2.75, 3.05) is 18.5 Å². The third kappa shape index (κ3) is 5.34. The minimum atomic E-state index is 0.630. The summed E-state index contributed by atoms with van der Waals surface area (Å²) >= 11 is 0. The molecule has 1 N–H and O–H groups in total. The van der Waals surface area contributed by atoms with Gasteiger partial charge in [-0.15, -0.1) is 0 Å². The molecule has 0 saturated carbocycles. The highest BCUT2D eigenvalue weighted by Crippen LogP contribution is 2.14. The number of hydrogen-bond acceptors (Lipinski definition) is 4. The summed E-state index contributed by atoms with van der Waals surface area (Å²) in [6.45, 7) is 7.98. The van der Waals surface area contributed by atoms with Gasteiger partial charge >= 0.3 is 0 Å². The quantitative estimate of drug-likeness (QED) is 0.729. The molecule has 0 aliphatic heterocycles. The maximum absolute atomic E-state index is 5.35. The Morgan fingerprint density at radius 1 is 1.33 bits per heavy atom. The van der Waals surface area contributed by atoms with E-state index in [0.717, 1.165) is 6.54 Å². The Balaban J connectivity index is 2.43. The minimum absolute atomic E-state index is 0.630. The van der Waals surface area contributed by atoms with Crippen molar-refractivity contribution in [3.05, 3.63) is 12.3 Å². The van der Waals surface area contributed by atoms with Crippen LogP contribution >= 0.6 is 0 Å². The second kappa shape index (κ2) is 8.72. The van der Waals surface area contributed by atoms with Crippen LogP contribution in [0.2, 0.25) is 0 Å². The highest BCUT2D eigenvalue weighted by molar-refractivity contribution is 5.27. The van der Waals surface area contributed by atoms with Crippen molar-refractivity contribution in [2.45, 2.75) is 46.5 Å². The van der Waals surface area contributed by atoms with Gasteiger partial charge < -0.3 is 10.1 Å². The van der Waals surface area contributed by atoms with Gasteiger partial charge in [0.1, 0.15) is 0 Å². The number of anilines is 1. The maximum atomic E-state index is 5.35. The Morgan fingerprint density at radius 2 is 2.17 bits per heavy atom. The van der Waals surface area contributed by atoms with Crippen LogP contribution in [-0.4, -0.2) is 23.1 Å². The monoisotopic (exact) mass is 251 g/mol. The van der Waals surface area contributed by atoms with Crippen molar-refractivity contribution in [1.82, 2.24) is 9.97 Å². The Morgan fingerprint density at radius 3 is 2.83 bits per heavy atom. The maximum Gasteiger partial charge on any atom is 0.225 e. The third-order valence-corrected chi connectivity index (χ3v) is 3.01. The molecule has 4 nitrogen and oxygen atoms in total. The van der Waals surface area contributed by atoms with Gasteiger partial charge in [0, 0.05) is 18.8 Å². The van der Waals surface area contributed by atoms with E-state index in [4.69, 9.17) is 4.74 Å². The largest absolute Gasteiger partial charge is 0.478 e. The van der Waals surface area contributed by atoms with Crippen LogP contribution in [0.5, 0.6) is 5.88 Å². The van der Waals surface area contributed by atoms with Crippen LogP contribution in [0.1, 0.15) is 46.5 Å². The smallest absolute Gasteiger partial charge is 0.225 e. The van der Waals surface area contributed by atoms with E-state index in [-0.39, 0.29) is 0 Å². The zero-order valence-corrected chi connectivity index (χ0v) is 11.8. The minimum Gasteiger partial charge on any atom is -0.478 e. The summed E-state index contributed by atoms with van der Waals surface area (Å²) in [5, 5.41) is 3.30. The molecule has 0 fully saturated rings. The van der Waals surface area contributed by atoms with E-state index in [1.54, 1.807) is 12.3 Å². The van der Waals surface area contributed by atoms with E-state index in [0.29, 0.717) is 24.4 Å². The lowest BCUT2D eigenvalue weighted by molar-refractivity contribution is 0.326. The van der Waals surface area contributed by atoms with Gasteiger partial charge in [0.15, 0.2) is 0 Å². The average molecular weight is 251 g/mol. The van der Waals surface area contributed by atoms with E-state index >= 15 is 0 Å². The summed E-state index contributed by atoms with van der Waals surface area (Å²) in [5.41, 5.74) is 0. The van der Waals surface area contributed by atoms with Gasteiger partial charge in [0.2, 0.25) is 11.8 Å². The molecular formula is C14H25N3O. The predicted octanol–water partition coefficient (Wildman–Crippen LogP) is 3.50. The van der Waals surface area contributed by atoms with Crippen LogP contribution < -0.4 is 10.1 Å². The lowest BCUT2D eigenvalue weighted by Gasteiger charge is -2.15. The van der Waals surface area contributed by atoms with E-state index in [9.17, 15) is 0 Å². The molecule has 0 radical (unpaired) electrons. The predicted molar refractivity (Wildman–Crippen MR) is 75.0 cm³/mol. The molecule has 1 atom stereocenters. The van der Waals surface area contributed by atoms with Crippen LogP contribution in [0.3, 0.4) is 0 Å². The molecule has 1 heterocycles. The van der Waals surface area contributed by atoms with Crippen LogP contribution in [0.4, 0.5) is 5.95 Å². The number of aromatic nitrogens is 2. The van der Waals surface area contributed by atoms with Gasteiger partial charge in [-0.3, -0.25) is 0 Å². The first-order chi connectivity index (χ1) is 8.80. The standard InChI is InChI=1S/C14H25N3O/c1-4-7-8-12(5-2)11-16-14-15-10-9-13(17-14)18-6-3/h9-10,12H,4-8,11H2,1-3H3,(H,15,16,17). The first-order valence-corrected chi connectivity index (χ1v) is 6.99. The van der Waals surface area contributed by atoms with Gasteiger partial charge in [0.05, 0.1) is 6.61 Å².